The van der Waals surface area contributed by atoms with Crippen LogP contribution in [-0.2, 0) is 0 Å². The molecule has 2 aromatic rings. The van der Waals surface area contributed by atoms with Gasteiger partial charge >= 0.3 is 0 Å². The number of ether oxygens (including phenoxy) is 1. The minimum atomic E-state index is -0.113. The number of carbonyl (C=O) groups is 1. The normalized spacial score (nSPS) is 11.7. The summed E-state index contributed by atoms with van der Waals surface area (Å²) < 4.78 is 5.07. The molecule has 0 saturated heterocycles. The van der Waals surface area contributed by atoms with Crippen molar-refractivity contribution < 1.29 is 14.6 Å². The summed E-state index contributed by atoms with van der Waals surface area (Å²) in [5.41, 5.74) is 2.75. The first-order valence-corrected chi connectivity index (χ1v) is 8.99. The van der Waals surface area contributed by atoms with E-state index in [0.717, 1.165) is 30.4 Å². The van der Waals surface area contributed by atoms with Gasteiger partial charge < -0.3 is 9.84 Å². The molecule has 0 aliphatic carbocycles. The summed E-state index contributed by atoms with van der Waals surface area (Å²) in [7, 11) is 1.47. The number of ketones is 1. The maximum atomic E-state index is 12.5. The van der Waals surface area contributed by atoms with Crippen LogP contribution in [-0.4, -0.2) is 18.0 Å². The van der Waals surface area contributed by atoms with E-state index in [4.69, 9.17) is 4.74 Å². The summed E-state index contributed by atoms with van der Waals surface area (Å²) in [4.78, 5) is 12.5. The SMILES string of the molecule is CCCCCC(=C/c1ccccc1)/C=C/C(=O)c1ccc(O)c(OC)c1. The maximum Gasteiger partial charge on any atom is 0.185 e. The number of unbranched alkanes of at least 4 members (excludes halogenated alkanes) is 2. The molecule has 0 unspecified atom stereocenters. The average molecular weight is 350 g/mol. The molecule has 0 aliphatic heterocycles. The number of phenolic OH excluding ortho intramolecular Hbond substituents is 1. The second kappa shape index (κ2) is 10.2. The monoisotopic (exact) mass is 350 g/mol. The summed E-state index contributed by atoms with van der Waals surface area (Å²) >= 11 is 0. The first kappa shape index (κ1) is 19.5. The molecule has 0 amide bonds. The number of hydrogen-bond donors (Lipinski definition) is 1. The minimum Gasteiger partial charge on any atom is -0.504 e. The molecular formula is C23H26O3. The molecule has 2 aromatic carbocycles. The van der Waals surface area contributed by atoms with Crippen molar-refractivity contribution in [3.63, 3.8) is 0 Å². The van der Waals surface area contributed by atoms with Gasteiger partial charge in [-0.1, -0.05) is 62.2 Å². The number of aromatic hydroxyl groups is 1. The quantitative estimate of drug-likeness (QED) is 0.269. The molecule has 26 heavy (non-hydrogen) atoms. The van der Waals surface area contributed by atoms with Crippen LogP contribution >= 0.6 is 0 Å². The van der Waals surface area contributed by atoms with E-state index in [2.05, 4.69) is 25.1 Å². The van der Waals surface area contributed by atoms with Crippen LogP contribution in [0.4, 0.5) is 0 Å². The summed E-state index contributed by atoms with van der Waals surface area (Å²) in [5.74, 6) is 0.210. The zero-order valence-corrected chi connectivity index (χ0v) is 15.4. The van der Waals surface area contributed by atoms with Gasteiger partial charge in [-0.3, -0.25) is 4.79 Å². The molecule has 3 heteroatoms. The lowest BCUT2D eigenvalue weighted by Crippen LogP contribution is -1.96. The molecule has 3 nitrogen and oxygen atoms in total. The summed E-state index contributed by atoms with van der Waals surface area (Å²) in [6, 6.07) is 14.7. The Labute approximate surface area is 155 Å². The zero-order chi connectivity index (χ0) is 18.8. The highest BCUT2D eigenvalue weighted by Gasteiger charge is 2.07. The summed E-state index contributed by atoms with van der Waals surface area (Å²) in [6.07, 6.45) is 9.97. The predicted octanol–water partition coefficient (Wildman–Crippen LogP) is 5.80. The van der Waals surface area contributed by atoms with Gasteiger partial charge in [0.2, 0.25) is 0 Å². The van der Waals surface area contributed by atoms with Crippen LogP contribution in [0.25, 0.3) is 6.08 Å². The van der Waals surface area contributed by atoms with E-state index in [1.165, 1.54) is 19.6 Å². The largest absolute Gasteiger partial charge is 0.504 e. The number of rotatable bonds is 9. The molecule has 2 rings (SSSR count). The number of phenols is 1. The Bertz CT molecular complexity index is 773. The summed E-state index contributed by atoms with van der Waals surface area (Å²) in [6.45, 7) is 2.18. The van der Waals surface area contributed by atoms with Crippen molar-refractivity contribution in [2.75, 3.05) is 7.11 Å². The van der Waals surface area contributed by atoms with Crippen LogP contribution in [0.3, 0.4) is 0 Å². The first-order chi connectivity index (χ1) is 12.6. The molecule has 0 heterocycles. The van der Waals surface area contributed by atoms with E-state index in [1.807, 2.05) is 24.3 Å². The van der Waals surface area contributed by atoms with Gasteiger partial charge in [-0.05, 0) is 48.3 Å². The average Bonchev–Trinajstić information content (AvgIpc) is 2.67. The molecule has 0 aliphatic rings. The smallest absolute Gasteiger partial charge is 0.185 e. The Balaban J connectivity index is 2.18. The number of hydrogen-bond acceptors (Lipinski definition) is 3. The van der Waals surface area contributed by atoms with Gasteiger partial charge in [-0.2, -0.15) is 0 Å². The number of allylic oxidation sites excluding steroid dienone is 3. The van der Waals surface area contributed by atoms with Gasteiger partial charge in [0.1, 0.15) is 0 Å². The van der Waals surface area contributed by atoms with E-state index in [-0.39, 0.29) is 11.5 Å². The van der Waals surface area contributed by atoms with Gasteiger partial charge in [-0.15, -0.1) is 0 Å². The molecule has 0 radical (unpaired) electrons. The van der Waals surface area contributed by atoms with E-state index < -0.39 is 0 Å². The molecule has 1 N–H and O–H groups in total. The molecule has 0 aromatic heterocycles. The van der Waals surface area contributed by atoms with Gasteiger partial charge in [0.25, 0.3) is 0 Å². The fourth-order valence-corrected chi connectivity index (χ4v) is 2.66. The van der Waals surface area contributed by atoms with Crippen molar-refractivity contribution >= 4 is 11.9 Å². The Kier molecular flexibility index (Phi) is 7.69. The number of methoxy groups -OCH3 is 1. The van der Waals surface area contributed by atoms with E-state index >= 15 is 0 Å². The first-order valence-electron chi connectivity index (χ1n) is 8.99. The number of carbonyl (C=O) groups excluding carboxylic acids is 1. The molecule has 136 valence electrons. The van der Waals surface area contributed by atoms with Crippen LogP contribution in [0.1, 0.15) is 48.5 Å². The fourth-order valence-electron chi connectivity index (χ4n) is 2.66. The van der Waals surface area contributed by atoms with Gasteiger partial charge in [0, 0.05) is 5.56 Å². The highest BCUT2D eigenvalue weighted by atomic mass is 16.5. The topological polar surface area (TPSA) is 46.5 Å². The fraction of sp³-hybridized carbons (Fsp3) is 0.261. The van der Waals surface area contributed by atoms with Gasteiger partial charge in [-0.25, -0.2) is 0 Å². The Morgan fingerprint density at radius 2 is 1.85 bits per heavy atom. The maximum absolute atomic E-state index is 12.5. The van der Waals surface area contributed by atoms with Crippen LogP contribution in [0.15, 0.2) is 66.3 Å². The lowest BCUT2D eigenvalue weighted by atomic mass is 10.0. The molecule has 0 atom stereocenters. The van der Waals surface area contributed by atoms with Crippen molar-refractivity contribution in [2.24, 2.45) is 0 Å². The third kappa shape index (κ3) is 5.92. The Morgan fingerprint density at radius 1 is 1.08 bits per heavy atom. The Hall–Kier alpha value is -2.81. The lowest BCUT2D eigenvalue weighted by molar-refractivity contribution is 0.104. The van der Waals surface area contributed by atoms with Crippen molar-refractivity contribution in [2.45, 2.75) is 32.6 Å². The van der Waals surface area contributed by atoms with Crippen LogP contribution < -0.4 is 4.74 Å². The highest BCUT2D eigenvalue weighted by Crippen LogP contribution is 2.26. The van der Waals surface area contributed by atoms with Crippen molar-refractivity contribution in [3.8, 4) is 11.5 Å². The third-order valence-electron chi connectivity index (χ3n) is 4.13. The van der Waals surface area contributed by atoms with Gasteiger partial charge in [0.15, 0.2) is 17.3 Å². The van der Waals surface area contributed by atoms with Crippen molar-refractivity contribution in [1.82, 2.24) is 0 Å². The molecule has 0 bridgehead atoms. The molecular weight excluding hydrogens is 324 g/mol. The van der Waals surface area contributed by atoms with Crippen LogP contribution in [0.5, 0.6) is 11.5 Å². The Morgan fingerprint density at radius 3 is 2.54 bits per heavy atom. The molecule has 0 fully saturated rings. The highest BCUT2D eigenvalue weighted by molar-refractivity contribution is 6.05. The van der Waals surface area contributed by atoms with E-state index in [0.29, 0.717) is 11.3 Å². The summed E-state index contributed by atoms with van der Waals surface area (Å²) in [5, 5.41) is 9.66. The standard InChI is InChI=1S/C23H26O3/c1-3-4-6-9-19(16-18-10-7-5-8-11-18)12-14-21(24)20-13-15-22(25)23(17-20)26-2/h5,7-8,10-17,25H,3-4,6,9H2,1-2H3/b14-12+,19-16-. The zero-order valence-electron chi connectivity index (χ0n) is 15.4. The number of benzene rings is 2. The minimum absolute atomic E-state index is 0.0252. The van der Waals surface area contributed by atoms with Crippen LogP contribution in [0, 0.1) is 0 Å². The second-order valence-corrected chi connectivity index (χ2v) is 6.17. The predicted molar refractivity (Wildman–Crippen MR) is 107 cm³/mol. The van der Waals surface area contributed by atoms with Gasteiger partial charge in [0.05, 0.1) is 7.11 Å². The van der Waals surface area contributed by atoms with E-state index in [1.54, 1.807) is 18.2 Å². The second-order valence-electron chi connectivity index (χ2n) is 6.17. The van der Waals surface area contributed by atoms with E-state index in [9.17, 15) is 9.90 Å². The van der Waals surface area contributed by atoms with Crippen molar-refractivity contribution in [3.05, 3.63) is 77.4 Å². The molecule has 0 saturated carbocycles. The lowest BCUT2D eigenvalue weighted by Gasteiger charge is -2.05. The third-order valence-corrected chi connectivity index (χ3v) is 4.13. The molecule has 0 spiro atoms. The van der Waals surface area contributed by atoms with Crippen LogP contribution in [0.2, 0.25) is 0 Å². The van der Waals surface area contributed by atoms with Crippen molar-refractivity contribution in [1.29, 1.82) is 0 Å².